The van der Waals surface area contributed by atoms with Gasteiger partial charge in [0.05, 0.1) is 11.4 Å². The van der Waals surface area contributed by atoms with Gasteiger partial charge in [0.25, 0.3) is 0 Å². The largest absolute Gasteiger partial charge is 0.324 e. The molecule has 0 saturated carbocycles. The number of hydrogen-bond acceptors (Lipinski definition) is 4. The summed E-state index contributed by atoms with van der Waals surface area (Å²) < 4.78 is 28.9. The van der Waals surface area contributed by atoms with Crippen LogP contribution < -0.4 is 10.5 Å². The number of rotatable bonds is 6. The maximum absolute atomic E-state index is 12.3. The van der Waals surface area contributed by atoms with Gasteiger partial charge in [-0.1, -0.05) is 12.1 Å². The molecule has 21 heavy (non-hydrogen) atoms. The van der Waals surface area contributed by atoms with Crippen LogP contribution in [0.2, 0.25) is 0 Å². The Kier molecular flexibility index (Phi) is 4.76. The second kappa shape index (κ2) is 6.38. The summed E-state index contributed by atoms with van der Waals surface area (Å²) in [5.74, 6) is 0. The van der Waals surface area contributed by atoms with Crippen LogP contribution in [-0.4, -0.2) is 24.2 Å². The Hall–Kier alpha value is -1.70. The van der Waals surface area contributed by atoms with Gasteiger partial charge in [-0.15, -0.1) is 0 Å². The van der Waals surface area contributed by atoms with Crippen molar-refractivity contribution in [1.29, 1.82) is 0 Å². The zero-order chi connectivity index (χ0) is 15.5. The van der Waals surface area contributed by atoms with Crippen LogP contribution in [0, 0.1) is 0 Å². The third kappa shape index (κ3) is 4.13. The fraction of sp³-hybridized carbons (Fsp3) is 0.357. The van der Waals surface area contributed by atoms with Gasteiger partial charge in [-0.2, -0.15) is 5.10 Å². The van der Waals surface area contributed by atoms with Crippen LogP contribution in [0.15, 0.2) is 47.6 Å². The van der Waals surface area contributed by atoms with E-state index in [-0.39, 0.29) is 17.0 Å². The summed E-state index contributed by atoms with van der Waals surface area (Å²) in [5, 5.41) is 4.06. The number of nitrogens with one attached hydrogen (secondary N) is 1. The predicted molar refractivity (Wildman–Crippen MR) is 81.1 cm³/mol. The lowest BCUT2D eigenvalue weighted by Gasteiger charge is -2.15. The van der Waals surface area contributed by atoms with Gasteiger partial charge >= 0.3 is 0 Å². The molecule has 0 aliphatic rings. The van der Waals surface area contributed by atoms with Gasteiger partial charge in [0, 0.05) is 24.5 Å². The number of aromatic nitrogens is 2. The van der Waals surface area contributed by atoms with E-state index in [9.17, 15) is 8.42 Å². The molecule has 0 spiro atoms. The highest BCUT2D eigenvalue weighted by Gasteiger charge is 2.17. The number of sulfonamides is 1. The Labute approximate surface area is 125 Å². The van der Waals surface area contributed by atoms with E-state index in [4.69, 9.17) is 5.73 Å². The molecule has 0 saturated heterocycles. The molecule has 0 aliphatic carbocycles. The topological polar surface area (TPSA) is 90.0 Å². The molecule has 2 unspecified atom stereocenters. The first-order chi connectivity index (χ1) is 9.88. The molecular formula is C14H20N4O2S. The minimum atomic E-state index is -3.54. The molecule has 6 nitrogen and oxygen atoms in total. The van der Waals surface area contributed by atoms with E-state index >= 15 is 0 Å². The maximum Gasteiger partial charge on any atom is 0.240 e. The first kappa shape index (κ1) is 15.7. The van der Waals surface area contributed by atoms with Gasteiger partial charge in [0.1, 0.15) is 0 Å². The Balaban J connectivity index is 2.07. The molecule has 114 valence electrons. The molecule has 2 rings (SSSR count). The van der Waals surface area contributed by atoms with Crippen LogP contribution in [0.1, 0.15) is 25.5 Å². The van der Waals surface area contributed by atoms with Crippen molar-refractivity contribution >= 4 is 10.0 Å². The highest BCUT2D eigenvalue weighted by molar-refractivity contribution is 7.89. The zero-order valence-electron chi connectivity index (χ0n) is 12.1. The lowest BCUT2D eigenvalue weighted by Crippen LogP contribution is -2.35. The number of hydrogen-bond donors (Lipinski definition) is 2. The van der Waals surface area contributed by atoms with E-state index in [0.29, 0.717) is 6.54 Å². The van der Waals surface area contributed by atoms with E-state index in [1.54, 1.807) is 54.3 Å². The minimum Gasteiger partial charge on any atom is -0.324 e. The lowest BCUT2D eigenvalue weighted by atomic mass is 10.1. The third-order valence-electron chi connectivity index (χ3n) is 3.09. The van der Waals surface area contributed by atoms with Gasteiger partial charge < -0.3 is 5.73 Å². The summed E-state index contributed by atoms with van der Waals surface area (Å²) >= 11 is 0. The summed E-state index contributed by atoms with van der Waals surface area (Å²) in [6.07, 6.45) is 3.45. The zero-order valence-corrected chi connectivity index (χ0v) is 12.9. The van der Waals surface area contributed by atoms with Crippen molar-refractivity contribution in [3.8, 4) is 0 Å². The van der Waals surface area contributed by atoms with Crippen LogP contribution in [0.25, 0.3) is 0 Å². The summed E-state index contributed by atoms with van der Waals surface area (Å²) in [6.45, 7) is 4.13. The van der Waals surface area contributed by atoms with E-state index in [2.05, 4.69) is 9.82 Å². The molecule has 1 heterocycles. The second-order valence-corrected chi connectivity index (χ2v) is 6.82. The van der Waals surface area contributed by atoms with Gasteiger partial charge in [0.2, 0.25) is 10.0 Å². The summed E-state index contributed by atoms with van der Waals surface area (Å²) in [4.78, 5) is 0.235. The molecular weight excluding hydrogens is 288 g/mol. The standard InChI is InChI=1S/C14H20N4O2S/c1-11(10-18-9-3-8-16-18)17-21(19,20)14-6-4-13(5-7-14)12(2)15/h3-9,11-12,17H,10,15H2,1-2H3. The second-order valence-electron chi connectivity index (χ2n) is 5.11. The van der Waals surface area contributed by atoms with Crippen molar-refractivity contribution in [3.63, 3.8) is 0 Å². The molecule has 0 radical (unpaired) electrons. The molecule has 2 atom stereocenters. The summed E-state index contributed by atoms with van der Waals surface area (Å²) in [5.41, 5.74) is 6.66. The minimum absolute atomic E-state index is 0.117. The average Bonchev–Trinajstić information content (AvgIpc) is 2.90. The molecule has 0 bridgehead atoms. The molecule has 0 aliphatic heterocycles. The fourth-order valence-corrected chi connectivity index (χ4v) is 3.24. The molecule has 7 heteroatoms. The van der Waals surface area contributed by atoms with Gasteiger partial charge in [-0.05, 0) is 37.6 Å². The molecule has 1 aromatic carbocycles. The molecule has 1 aromatic heterocycles. The molecule has 3 N–H and O–H groups in total. The van der Waals surface area contributed by atoms with Crippen molar-refractivity contribution in [2.75, 3.05) is 0 Å². The van der Waals surface area contributed by atoms with E-state index in [1.807, 2.05) is 6.92 Å². The number of nitrogens with zero attached hydrogens (tertiary/aromatic N) is 2. The van der Waals surface area contributed by atoms with Crippen molar-refractivity contribution in [2.45, 2.75) is 37.4 Å². The SMILES string of the molecule is CC(Cn1cccn1)NS(=O)(=O)c1ccc(C(C)N)cc1. The average molecular weight is 308 g/mol. The third-order valence-corrected chi connectivity index (χ3v) is 4.70. The van der Waals surface area contributed by atoms with Crippen LogP contribution in [0.3, 0.4) is 0 Å². The van der Waals surface area contributed by atoms with Crippen molar-refractivity contribution in [3.05, 3.63) is 48.3 Å². The Bertz CT molecular complexity index is 664. The normalized spacial score (nSPS) is 14.8. The summed E-state index contributed by atoms with van der Waals surface area (Å²) in [7, 11) is -3.54. The number of nitrogens with two attached hydrogens (primary N) is 1. The first-order valence-electron chi connectivity index (χ1n) is 6.74. The van der Waals surface area contributed by atoms with E-state index < -0.39 is 10.0 Å². The smallest absolute Gasteiger partial charge is 0.240 e. The van der Waals surface area contributed by atoms with E-state index in [1.165, 1.54) is 0 Å². The summed E-state index contributed by atoms with van der Waals surface area (Å²) in [6, 6.07) is 8.03. The van der Waals surface area contributed by atoms with Crippen molar-refractivity contribution in [1.82, 2.24) is 14.5 Å². The van der Waals surface area contributed by atoms with Crippen LogP contribution in [-0.2, 0) is 16.6 Å². The van der Waals surface area contributed by atoms with Gasteiger partial charge in [-0.25, -0.2) is 13.1 Å². The lowest BCUT2D eigenvalue weighted by molar-refractivity contribution is 0.494. The molecule has 2 aromatic rings. The fourth-order valence-electron chi connectivity index (χ4n) is 2.01. The van der Waals surface area contributed by atoms with Crippen molar-refractivity contribution < 1.29 is 8.42 Å². The predicted octanol–water partition coefficient (Wildman–Crippen LogP) is 1.27. The highest BCUT2D eigenvalue weighted by Crippen LogP contribution is 2.15. The van der Waals surface area contributed by atoms with E-state index in [0.717, 1.165) is 5.56 Å². The Morgan fingerprint density at radius 3 is 2.48 bits per heavy atom. The van der Waals surface area contributed by atoms with Crippen molar-refractivity contribution in [2.24, 2.45) is 5.73 Å². The molecule has 0 fully saturated rings. The van der Waals surface area contributed by atoms with Gasteiger partial charge in [-0.3, -0.25) is 4.68 Å². The monoisotopic (exact) mass is 308 g/mol. The quantitative estimate of drug-likeness (QED) is 0.841. The van der Waals surface area contributed by atoms with Crippen LogP contribution in [0.5, 0.6) is 0 Å². The highest BCUT2D eigenvalue weighted by atomic mass is 32.2. The maximum atomic E-state index is 12.3. The Morgan fingerprint density at radius 1 is 1.29 bits per heavy atom. The molecule has 0 amide bonds. The van der Waals surface area contributed by atoms with Crippen LogP contribution >= 0.6 is 0 Å². The van der Waals surface area contributed by atoms with Gasteiger partial charge in [0.15, 0.2) is 0 Å². The number of benzene rings is 1. The first-order valence-corrected chi connectivity index (χ1v) is 8.22. The Morgan fingerprint density at radius 2 is 1.95 bits per heavy atom. The van der Waals surface area contributed by atoms with Crippen LogP contribution in [0.4, 0.5) is 0 Å².